The Labute approximate surface area is 57.3 Å². The Kier molecular flexibility index (Phi) is 4.06. The molecule has 0 heterocycles. The molecule has 1 heteroatoms. The summed E-state index contributed by atoms with van der Waals surface area (Å²) in [5.74, 6) is 0. The molecular weight excluding hydrogens is 110 g/mol. The quantitative estimate of drug-likeness (QED) is 0.572. The van der Waals surface area contributed by atoms with Gasteiger partial charge in [0.05, 0.1) is 0 Å². The van der Waals surface area contributed by atoms with Crippen LogP contribution in [0.3, 0.4) is 0 Å². The predicted octanol–water partition coefficient (Wildman–Crippen LogP) is 1.86. The molecule has 0 aliphatic carbocycles. The summed E-state index contributed by atoms with van der Waals surface area (Å²) < 4.78 is 0. The molecule has 0 fully saturated rings. The van der Waals surface area contributed by atoms with Gasteiger partial charge in [-0.25, -0.2) is 0 Å². The van der Waals surface area contributed by atoms with Crippen LogP contribution in [0.1, 0.15) is 20.3 Å². The van der Waals surface area contributed by atoms with E-state index < -0.39 is 0 Å². The van der Waals surface area contributed by atoms with Crippen LogP contribution in [0.2, 0.25) is 0 Å². The normalized spacial score (nSPS) is 15.2. The predicted molar refractivity (Wildman–Crippen MR) is 42.2 cm³/mol. The first-order chi connectivity index (χ1) is 4.20. The molecule has 0 saturated carbocycles. The van der Waals surface area contributed by atoms with E-state index in [2.05, 4.69) is 19.6 Å². The maximum atomic E-state index is 5.59. The maximum Gasteiger partial charge on any atom is 0.0258 e. The van der Waals surface area contributed by atoms with E-state index in [0.717, 1.165) is 6.42 Å². The number of hydrogen-bond donors (Lipinski definition) is 1. The molecule has 1 unspecified atom stereocenters. The molecule has 0 aromatic rings. The highest BCUT2D eigenvalue weighted by atomic mass is 14.6. The highest BCUT2D eigenvalue weighted by Gasteiger charge is 1.94. The zero-order chi connectivity index (χ0) is 7.28. The van der Waals surface area contributed by atoms with E-state index in [9.17, 15) is 0 Å². The minimum Gasteiger partial charge on any atom is -0.324 e. The van der Waals surface area contributed by atoms with E-state index in [1.807, 2.05) is 6.92 Å². The van der Waals surface area contributed by atoms with E-state index in [4.69, 9.17) is 5.73 Å². The summed E-state index contributed by atoms with van der Waals surface area (Å²) in [6.45, 7) is 7.69. The molecular formula is C8H15N. The summed E-state index contributed by atoms with van der Waals surface area (Å²) in [5, 5.41) is 0. The highest BCUT2D eigenvalue weighted by Crippen LogP contribution is 2.01. The monoisotopic (exact) mass is 125 g/mol. The summed E-state index contributed by atoms with van der Waals surface area (Å²) in [4.78, 5) is 0. The molecule has 2 N–H and O–H groups in total. The Morgan fingerprint density at radius 1 is 1.78 bits per heavy atom. The minimum absolute atomic E-state index is 0.126. The first-order valence-electron chi connectivity index (χ1n) is 3.20. The van der Waals surface area contributed by atoms with Gasteiger partial charge in [-0.05, 0) is 20.3 Å². The first-order valence-corrected chi connectivity index (χ1v) is 3.20. The fourth-order valence-corrected chi connectivity index (χ4v) is 0.573. The minimum atomic E-state index is 0.126. The van der Waals surface area contributed by atoms with E-state index in [1.165, 1.54) is 5.57 Å². The topological polar surface area (TPSA) is 26.0 Å². The van der Waals surface area contributed by atoms with Crippen LogP contribution < -0.4 is 5.73 Å². The van der Waals surface area contributed by atoms with Gasteiger partial charge in [0, 0.05) is 6.04 Å². The number of allylic oxidation sites excluding steroid dienone is 1. The van der Waals surface area contributed by atoms with Crippen LogP contribution in [-0.4, -0.2) is 6.04 Å². The molecule has 0 aliphatic rings. The Morgan fingerprint density at radius 3 is 2.67 bits per heavy atom. The van der Waals surface area contributed by atoms with Crippen LogP contribution in [0.15, 0.2) is 24.3 Å². The van der Waals surface area contributed by atoms with Gasteiger partial charge >= 0.3 is 0 Å². The molecule has 0 saturated heterocycles. The van der Waals surface area contributed by atoms with Crippen LogP contribution in [0, 0.1) is 0 Å². The average molecular weight is 125 g/mol. The van der Waals surface area contributed by atoms with Crippen molar-refractivity contribution in [3.63, 3.8) is 0 Å². The molecule has 0 rings (SSSR count). The molecule has 0 radical (unpaired) electrons. The van der Waals surface area contributed by atoms with Crippen LogP contribution in [0.4, 0.5) is 0 Å². The van der Waals surface area contributed by atoms with Gasteiger partial charge in [-0.2, -0.15) is 0 Å². The van der Waals surface area contributed by atoms with Crippen LogP contribution in [0.5, 0.6) is 0 Å². The molecule has 0 amide bonds. The fraction of sp³-hybridized carbons (Fsp3) is 0.500. The SMILES string of the molecule is C=CC(N)C/C(C)=C\C. The van der Waals surface area contributed by atoms with Crippen molar-refractivity contribution in [3.05, 3.63) is 24.3 Å². The van der Waals surface area contributed by atoms with Crippen molar-refractivity contribution in [2.75, 3.05) is 0 Å². The second-order valence-electron chi connectivity index (χ2n) is 2.24. The summed E-state index contributed by atoms with van der Waals surface area (Å²) in [6, 6.07) is 0.126. The Morgan fingerprint density at radius 2 is 2.33 bits per heavy atom. The van der Waals surface area contributed by atoms with Gasteiger partial charge in [-0.1, -0.05) is 17.7 Å². The van der Waals surface area contributed by atoms with Gasteiger partial charge in [-0.3, -0.25) is 0 Å². The van der Waals surface area contributed by atoms with E-state index >= 15 is 0 Å². The lowest BCUT2D eigenvalue weighted by Crippen LogP contribution is -2.16. The summed E-state index contributed by atoms with van der Waals surface area (Å²) >= 11 is 0. The fourth-order valence-electron chi connectivity index (χ4n) is 0.573. The van der Waals surface area contributed by atoms with Gasteiger partial charge in [0.2, 0.25) is 0 Å². The Balaban J connectivity index is 3.59. The molecule has 9 heavy (non-hydrogen) atoms. The smallest absolute Gasteiger partial charge is 0.0258 e. The van der Waals surface area contributed by atoms with Crippen molar-refractivity contribution in [2.45, 2.75) is 26.3 Å². The second-order valence-corrected chi connectivity index (χ2v) is 2.24. The van der Waals surface area contributed by atoms with Crippen molar-refractivity contribution in [2.24, 2.45) is 5.73 Å². The summed E-state index contributed by atoms with van der Waals surface area (Å²) in [6.07, 6.45) is 4.77. The van der Waals surface area contributed by atoms with Crippen LogP contribution in [0.25, 0.3) is 0 Å². The molecule has 0 bridgehead atoms. The lowest BCUT2D eigenvalue weighted by molar-refractivity contribution is 0.801. The second kappa shape index (κ2) is 4.33. The molecule has 0 spiro atoms. The van der Waals surface area contributed by atoms with Crippen molar-refractivity contribution < 1.29 is 0 Å². The Bertz CT molecular complexity index is 114. The molecule has 0 aliphatic heterocycles. The third-order valence-electron chi connectivity index (χ3n) is 1.35. The number of hydrogen-bond acceptors (Lipinski definition) is 1. The van der Waals surface area contributed by atoms with E-state index in [-0.39, 0.29) is 6.04 Å². The van der Waals surface area contributed by atoms with Crippen molar-refractivity contribution >= 4 is 0 Å². The van der Waals surface area contributed by atoms with Crippen molar-refractivity contribution in [3.8, 4) is 0 Å². The first kappa shape index (κ1) is 8.44. The van der Waals surface area contributed by atoms with E-state index in [0.29, 0.717) is 0 Å². The molecule has 52 valence electrons. The standard InChI is InChI=1S/C8H15N/c1-4-7(3)6-8(9)5-2/h4-5,8H,2,6,9H2,1,3H3/b7-4-. The van der Waals surface area contributed by atoms with Crippen LogP contribution in [-0.2, 0) is 0 Å². The summed E-state index contributed by atoms with van der Waals surface area (Å²) in [5.41, 5.74) is 6.91. The maximum absolute atomic E-state index is 5.59. The van der Waals surface area contributed by atoms with Gasteiger partial charge in [-0.15, -0.1) is 6.58 Å². The van der Waals surface area contributed by atoms with Gasteiger partial charge in [0.25, 0.3) is 0 Å². The molecule has 0 aromatic heterocycles. The van der Waals surface area contributed by atoms with Gasteiger partial charge in [0.1, 0.15) is 0 Å². The van der Waals surface area contributed by atoms with Crippen LogP contribution >= 0.6 is 0 Å². The molecule has 0 aromatic carbocycles. The van der Waals surface area contributed by atoms with Gasteiger partial charge < -0.3 is 5.73 Å². The van der Waals surface area contributed by atoms with Gasteiger partial charge in [0.15, 0.2) is 0 Å². The van der Waals surface area contributed by atoms with Crippen molar-refractivity contribution in [1.29, 1.82) is 0 Å². The van der Waals surface area contributed by atoms with Crippen molar-refractivity contribution in [1.82, 2.24) is 0 Å². The highest BCUT2D eigenvalue weighted by molar-refractivity contribution is 5.01. The zero-order valence-corrected chi connectivity index (χ0v) is 6.22. The third kappa shape index (κ3) is 3.98. The molecule has 1 nitrogen and oxygen atoms in total. The Hall–Kier alpha value is -0.560. The summed E-state index contributed by atoms with van der Waals surface area (Å²) in [7, 11) is 0. The largest absolute Gasteiger partial charge is 0.324 e. The lowest BCUT2D eigenvalue weighted by Gasteiger charge is -2.03. The lowest BCUT2D eigenvalue weighted by atomic mass is 10.1. The zero-order valence-electron chi connectivity index (χ0n) is 6.22. The number of rotatable bonds is 3. The average Bonchev–Trinajstić information content (AvgIpc) is 1.87. The van der Waals surface area contributed by atoms with E-state index in [1.54, 1.807) is 6.08 Å². The molecule has 1 atom stereocenters. The third-order valence-corrected chi connectivity index (χ3v) is 1.35. The number of nitrogens with two attached hydrogens (primary N) is 1.